The van der Waals surface area contributed by atoms with Gasteiger partial charge in [0.05, 0.1) is 18.1 Å². The van der Waals surface area contributed by atoms with E-state index in [2.05, 4.69) is 17.6 Å². The van der Waals surface area contributed by atoms with Crippen LogP contribution in [-0.4, -0.2) is 35.5 Å². The standard InChI is InChI=1S/C13H14N2O4S/c16-15(17)11-3-4-12(19-7-6-18-8-9-20)10-2-1-5-14-13(10)11/h1-5,20H,6-9H2. The molecule has 0 radical (unpaired) electrons. The zero-order valence-corrected chi connectivity index (χ0v) is 11.6. The average Bonchev–Trinajstić information content (AvgIpc) is 2.46. The fourth-order valence-electron chi connectivity index (χ4n) is 1.78. The van der Waals surface area contributed by atoms with Gasteiger partial charge in [-0.1, -0.05) is 0 Å². The molecular formula is C13H14N2O4S. The number of aromatic nitrogens is 1. The summed E-state index contributed by atoms with van der Waals surface area (Å²) < 4.78 is 10.8. The molecule has 20 heavy (non-hydrogen) atoms. The molecule has 0 aliphatic rings. The second-order valence-electron chi connectivity index (χ2n) is 3.92. The van der Waals surface area contributed by atoms with Crippen LogP contribution in [0, 0.1) is 10.1 Å². The third-order valence-corrected chi connectivity index (χ3v) is 2.81. The highest BCUT2D eigenvalue weighted by Crippen LogP contribution is 2.31. The van der Waals surface area contributed by atoms with Crippen molar-refractivity contribution in [3.05, 3.63) is 40.6 Å². The third-order valence-electron chi connectivity index (χ3n) is 2.63. The summed E-state index contributed by atoms with van der Waals surface area (Å²) in [4.78, 5) is 14.6. The summed E-state index contributed by atoms with van der Waals surface area (Å²) in [6.07, 6.45) is 1.52. The Morgan fingerprint density at radius 1 is 1.25 bits per heavy atom. The molecule has 0 saturated carbocycles. The molecule has 1 aromatic heterocycles. The van der Waals surface area contributed by atoms with Gasteiger partial charge in [0, 0.05) is 23.4 Å². The topological polar surface area (TPSA) is 74.5 Å². The van der Waals surface area contributed by atoms with E-state index in [-0.39, 0.29) is 5.69 Å². The molecule has 2 aromatic rings. The number of nitro benzene ring substituents is 1. The number of nitro groups is 1. The van der Waals surface area contributed by atoms with Crippen molar-refractivity contribution in [2.75, 3.05) is 25.6 Å². The highest BCUT2D eigenvalue weighted by atomic mass is 32.1. The monoisotopic (exact) mass is 294 g/mol. The summed E-state index contributed by atoms with van der Waals surface area (Å²) >= 11 is 4.03. The van der Waals surface area contributed by atoms with E-state index in [0.29, 0.717) is 42.2 Å². The maximum atomic E-state index is 11.0. The van der Waals surface area contributed by atoms with Gasteiger partial charge in [-0.2, -0.15) is 12.6 Å². The van der Waals surface area contributed by atoms with E-state index in [1.807, 2.05) is 0 Å². The first-order chi connectivity index (χ1) is 9.74. The van der Waals surface area contributed by atoms with Gasteiger partial charge in [0.25, 0.3) is 5.69 Å². The molecule has 0 N–H and O–H groups in total. The summed E-state index contributed by atoms with van der Waals surface area (Å²) in [5.74, 6) is 1.22. The summed E-state index contributed by atoms with van der Waals surface area (Å²) in [5, 5.41) is 11.6. The van der Waals surface area contributed by atoms with Crippen LogP contribution in [0.1, 0.15) is 0 Å². The van der Waals surface area contributed by atoms with Gasteiger partial charge in [0.15, 0.2) is 5.52 Å². The predicted molar refractivity (Wildman–Crippen MR) is 78.6 cm³/mol. The molecule has 0 aliphatic carbocycles. The van der Waals surface area contributed by atoms with Crippen molar-refractivity contribution < 1.29 is 14.4 Å². The quantitative estimate of drug-likeness (QED) is 0.367. The molecule has 1 heterocycles. The molecule has 2 rings (SSSR count). The fraction of sp³-hybridized carbons (Fsp3) is 0.308. The lowest BCUT2D eigenvalue weighted by Gasteiger charge is -2.09. The largest absolute Gasteiger partial charge is 0.490 e. The molecule has 6 nitrogen and oxygen atoms in total. The highest BCUT2D eigenvalue weighted by molar-refractivity contribution is 7.80. The molecule has 0 amide bonds. The summed E-state index contributed by atoms with van der Waals surface area (Å²) in [6.45, 7) is 1.38. The van der Waals surface area contributed by atoms with Gasteiger partial charge in [-0.25, -0.2) is 4.98 Å². The van der Waals surface area contributed by atoms with Gasteiger partial charge in [-0.15, -0.1) is 0 Å². The van der Waals surface area contributed by atoms with Crippen LogP contribution in [0.2, 0.25) is 0 Å². The van der Waals surface area contributed by atoms with Gasteiger partial charge in [0.2, 0.25) is 0 Å². The lowest BCUT2D eigenvalue weighted by molar-refractivity contribution is -0.383. The molecular weight excluding hydrogens is 280 g/mol. The Hall–Kier alpha value is -1.86. The molecule has 0 atom stereocenters. The Bertz CT molecular complexity index is 606. The van der Waals surface area contributed by atoms with E-state index in [9.17, 15) is 10.1 Å². The minimum absolute atomic E-state index is 0.0285. The van der Waals surface area contributed by atoms with Crippen LogP contribution in [0.15, 0.2) is 30.5 Å². The van der Waals surface area contributed by atoms with Gasteiger partial charge < -0.3 is 9.47 Å². The average molecular weight is 294 g/mol. The number of hydrogen-bond donors (Lipinski definition) is 1. The summed E-state index contributed by atoms with van der Waals surface area (Å²) in [7, 11) is 0. The lowest BCUT2D eigenvalue weighted by Crippen LogP contribution is -2.08. The van der Waals surface area contributed by atoms with Crippen molar-refractivity contribution in [1.82, 2.24) is 4.98 Å². The minimum atomic E-state index is -0.449. The van der Waals surface area contributed by atoms with Gasteiger partial charge >= 0.3 is 0 Å². The van der Waals surface area contributed by atoms with Crippen LogP contribution >= 0.6 is 12.6 Å². The molecule has 106 valence electrons. The van der Waals surface area contributed by atoms with Crippen LogP contribution in [0.3, 0.4) is 0 Å². The van der Waals surface area contributed by atoms with Crippen LogP contribution < -0.4 is 4.74 Å². The van der Waals surface area contributed by atoms with Crippen LogP contribution in [-0.2, 0) is 4.74 Å². The number of benzene rings is 1. The van der Waals surface area contributed by atoms with Crippen molar-refractivity contribution >= 4 is 29.2 Å². The van der Waals surface area contributed by atoms with Crippen molar-refractivity contribution in [2.24, 2.45) is 0 Å². The van der Waals surface area contributed by atoms with E-state index in [4.69, 9.17) is 9.47 Å². The highest BCUT2D eigenvalue weighted by Gasteiger charge is 2.15. The summed E-state index contributed by atoms with van der Waals surface area (Å²) in [5.41, 5.74) is 0.297. The lowest BCUT2D eigenvalue weighted by atomic mass is 10.2. The van der Waals surface area contributed by atoms with Crippen molar-refractivity contribution in [3.8, 4) is 5.75 Å². The molecule has 0 aliphatic heterocycles. The van der Waals surface area contributed by atoms with Gasteiger partial charge in [0.1, 0.15) is 12.4 Å². The van der Waals surface area contributed by atoms with E-state index in [1.54, 1.807) is 18.2 Å². The van der Waals surface area contributed by atoms with E-state index < -0.39 is 4.92 Å². The number of non-ortho nitro benzene ring substituents is 1. The van der Waals surface area contributed by atoms with E-state index in [0.717, 1.165) is 0 Å². The van der Waals surface area contributed by atoms with Crippen LogP contribution in [0.25, 0.3) is 10.9 Å². The van der Waals surface area contributed by atoms with Crippen molar-refractivity contribution in [1.29, 1.82) is 0 Å². The van der Waals surface area contributed by atoms with Gasteiger partial charge in [-0.3, -0.25) is 10.1 Å². The van der Waals surface area contributed by atoms with Crippen molar-refractivity contribution in [3.63, 3.8) is 0 Å². The predicted octanol–water partition coefficient (Wildman–Crippen LogP) is 2.47. The molecule has 0 bridgehead atoms. The molecule has 0 unspecified atom stereocenters. The minimum Gasteiger partial charge on any atom is -0.490 e. The first-order valence-electron chi connectivity index (χ1n) is 6.07. The maximum absolute atomic E-state index is 11.0. The first kappa shape index (κ1) is 14.5. The normalized spacial score (nSPS) is 10.7. The number of hydrogen-bond acceptors (Lipinski definition) is 6. The van der Waals surface area contributed by atoms with Crippen molar-refractivity contribution in [2.45, 2.75) is 0 Å². The van der Waals surface area contributed by atoms with Gasteiger partial charge in [-0.05, 0) is 18.2 Å². The molecule has 0 fully saturated rings. The second kappa shape index (κ2) is 7.06. The van der Waals surface area contributed by atoms with Crippen LogP contribution in [0.4, 0.5) is 5.69 Å². The third kappa shape index (κ3) is 3.37. The Balaban J connectivity index is 2.18. The number of ether oxygens (including phenoxy) is 2. The Kier molecular flexibility index (Phi) is 5.14. The number of thiol groups is 1. The maximum Gasteiger partial charge on any atom is 0.295 e. The molecule has 0 spiro atoms. The molecule has 1 aromatic carbocycles. The summed E-state index contributed by atoms with van der Waals surface area (Å²) in [6, 6.07) is 6.45. The SMILES string of the molecule is O=[N+]([O-])c1ccc(OCCOCCS)c2cccnc12. The van der Waals surface area contributed by atoms with Crippen LogP contribution in [0.5, 0.6) is 5.75 Å². The molecule has 0 saturated heterocycles. The Labute approximate surface area is 121 Å². The van der Waals surface area contributed by atoms with E-state index >= 15 is 0 Å². The zero-order valence-electron chi connectivity index (χ0n) is 10.7. The number of nitrogens with zero attached hydrogens (tertiary/aromatic N) is 2. The molecule has 7 heteroatoms. The second-order valence-corrected chi connectivity index (χ2v) is 4.37. The number of fused-ring (bicyclic) bond motifs is 1. The van der Waals surface area contributed by atoms with E-state index in [1.165, 1.54) is 12.3 Å². The Morgan fingerprint density at radius 3 is 2.85 bits per heavy atom. The smallest absolute Gasteiger partial charge is 0.295 e. The number of rotatable bonds is 7. The zero-order chi connectivity index (χ0) is 14.4. The Morgan fingerprint density at radius 2 is 2.10 bits per heavy atom. The first-order valence-corrected chi connectivity index (χ1v) is 6.71. The fourth-order valence-corrected chi connectivity index (χ4v) is 1.91. The number of pyridine rings is 1.